The molecule has 2 aromatic carbocycles. The van der Waals surface area contributed by atoms with E-state index >= 15 is 0 Å². The van der Waals surface area contributed by atoms with Crippen LogP contribution in [-0.4, -0.2) is 45.7 Å². The van der Waals surface area contributed by atoms with Crippen LogP contribution in [0.5, 0.6) is 5.75 Å². The normalized spacial score (nSPS) is 11.4. The molecule has 0 unspecified atom stereocenters. The van der Waals surface area contributed by atoms with E-state index in [2.05, 4.69) is 26.9 Å². The van der Waals surface area contributed by atoms with Crippen molar-refractivity contribution in [3.63, 3.8) is 0 Å². The Bertz CT molecular complexity index is 1350. The molecule has 0 saturated carbocycles. The minimum absolute atomic E-state index is 0.111. The number of rotatable bonds is 11. The van der Waals surface area contributed by atoms with Gasteiger partial charge < -0.3 is 21.1 Å². The quantitative estimate of drug-likeness (QED) is 0.214. The Labute approximate surface area is 211 Å². The van der Waals surface area contributed by atoms with E-state index in [0.717, 1.165) is 52.3 Å². The third-order valence-electron chi connectivity index (χ3n) is 6.07. The topological polar surface area (TPSA) is 119 Å². The standard InChI is InChI=1S/C27H35N7O2/c1-17(2)13-25(35)29-11-5-6-12-30-26-27-33-32-18(3)34(27)23-15-20(24(36-4)16-22(23)31-26)14-19-7-9-21(28)10-8-19/h7-10,15-17H,5-6,11-14,28H2,1-4H3,(H,29,35)(H,30,31). The lowest BCUT2D eigenvalue weighted by Gasteiger charge is -2.14. The number of fused-ring (bicyclic) bond motifs is 3. The van der Waals surface area contributed by atoms with Gasteiger partial charge >= 0.3 is 0 Å². The summed E-state index contributed by atoms with van der Waals surface area (Å²) in [6.45, 7) is 7.41. The second-order valence-corrected chi connectivity index (χ2v) is 9.52. The lowest BCUT2D eigenvalue weighted by molar-refractivity contribution is -0.121. The summed E-state index contributed by atoms with van der Waals surface area (Å²) in [6, 6.07) is 11.9. The third kappa shape index (κ3) is 5.84. The van der Waals surface area contributed by atoms with Crippen LogP contribution in [0.1, 0.15) is 50.1 Å². The minimum atomic E-state index is 0.111. The third-order valence-corrected chi connectivity index (χ3v) is 6.07. The largest absolute Gasteiger partial charge is 0.496 e. The van der Waals surface area contributed by atoms with Crippen molar-refractivity contribution in [2.75, 3.05) is 31.2 Å². The first-order valence-electron chi connectivity index (χ1n) is 12.4. The molecule has 9 nitrogen and oxygen atoms in total. The van der Waals surface area contributed by atoms with Crippen LogP contribution < -0.4 is 21.1 Å². The maximum absolute atomic E-state index is 11.8. The molecule has 0 spiro atoms. The Kier molecular flexibility index (Phi) is 7.87. The average molecular weight is 490 g/mol. The summed E-state index contributed by atoms with van der Waals surface area (Å²) in [6.07, 6.45) is 3.05. The Morgan fingerprint density at radius 2 is 1.86 bits per heavy atom. The minimum Gasteiger partial charge on any atom is -0.496 e. The van der Waals surface area contributed by atoms with E-state index in [1.165, 1.54) is 0 Å². The van der Waals surface area contributed by atoms with Gasteiger partial charge in [-0.25, -0.2) is 4.98 Å². The molecular weight excluding hydrogens is 454 g/mol. The van der Waals surface area contributed by atoms with E-state index in [4.69, 9.17) is 15.5 Å². The summed E-state index contributed by atoms with van der Waals surface area (Å²) in [5, 5.41) is 15.1. The van der Waals surface area contributed by atoms with Crippen LogP contribution in [0.3, 0.4) is 0 Å². The Hall–Kier alpha value is -3.88. The molecule has 0 radical (unpaired) electrons. The molecular formula is C27H35N7O2. The second kappa shape index (κ2) is 11.2. The van der Waals surface area contributed by atoms with E-state index < -0.39 is 0 Å². The summed E-state index contributed by atoms with van der Waals surface area (Å²) >= 11 is 0. The zero-order chi connectivity index (χ0) is 25.7. The molecule has 0 saturated heterocycles. The average Bonchev–Trinajstić information content (AvgIpc) is 3.24. The summed E-state index contributed by atoms with van der Waals surface area (Å²) in [4.78, 5) is 16.7. The summed E-state index contributed by atoms with van der Waals surface area (Å²) in [7, 11) is 1.68. The van der Waals surface area contributed by atoms with Crippen LogP contribution >= 0.6 is 0 Å². The van der Waals surface area contributed by atoms with Gasteiger partial charge in [0.2, 0.25) is 11.6 Å². The molecule has 4 aromatic rings. The van der Waals surface area contributed by atoms with E-state index in [0.29, 0.717) is 43.3 Å². The van der Waals surface area contributed by atoms with Crippen molar-refractivity contribution in [1.82, 2.24) is 24.9 Å². The molecule has 36 heavy (non-hydrogen) atoms. The molecule has 2 heterocycles. The molecule has 4 N–H and O–H groups in total. The molecule has 0 aliphatic carbocycles. The van der Waals surface area contributed by atoms with Crippen LogP contribution in [0.25, 0.3) is 16.7 Å². The van der Waals surface area contributed by atoms with Crippen LogP contribution in [0, 0.1) is 12.8 Å². The van der Waals surface area contributed by atoms with Gasteiger partial charge in [-0.1, -0.05) is 26.0 Å². The first-order chi connectivity index (χ1) is 17.4. The number of unbranched alkanes of at least 4 members (excludes halogenated alkanes) is 1. The van der Waals surface area contributed by atoms with Crippen molar-refractivity contribution in [1.29, 1.82) is 0 Å². The molecule has 0 fully saturated rings. The summed E-state index contributed by atoms with van der Waals surface area (Å²) in [5.41, 5.74) is 11.2. The maximum atomic E-state index is 11.8. The van der Waals surface area contributed by atoms with Gasteiger partial charge in [-0.05, 0) is 49.4 Å². The number of carbonyl (C=O) groups is 1. The summed E-state index contributed by atoms with van der Waals surface area (Å²) < 4.78 is 7.75. The Balaban J connectivity index is 1.53. The monoisotopic (exact) mass is 489 g/mol. The van der Waals surface area contributed by atoms with Gasteiger partial charge in [0.15, 0.2) is 5.82 Å². The number of nitrogens with two attached hydrogens (primary N) is 1. The molecule has 2 aromatic heterocycles. The fraction of sp³-hybridized carbons (Fsp3) is 0.407. The van der Waals surface area contributed by atoms with Crippen molar-refractivity contribution in [3.05, 3.63) is 53.3 Å². The number of hydrogen-bond donors (Lipinski definition) is 3. The number of methoxy groups -OCH3 is 1. The van der Waals surface area contributed by atoms with Gasteiger partial charge in [0, 0.05) is 43.2 Å². The number of hydrogen-bond acceptors (Lipinski definition) is 7. The predicted octanol–water partition coefficient (Wildman–Crippen LogP) is 4.12. The Morgan fingerprint density at radius 3 is 2.58 bits per heavy atom. The maximum Gasteiger partial charge on any atom is 0.220 e. The zero-order valence-electron chi connectivity index (χ0n) is 21.5. The highest BCUT2D eigenvalue weighted by Gasteiger charge is 2.16. The molecule has 9 heteroatoms. The van der Waals surface area contributed by atoms with E-state index in [9.17, 15) is 4.79 Å². The highest BCUT2D eigenvalue weighted by Crippen LogP contribution is 2.30. The number of aryl methyl sites for hydroxylation is 1. The van der Waals surface area contributed by atoms with Gasteiger partial charge in [0.1, 0.15) is 11.6 Å². The van der Waals surface area contributed by atoms with Gasteiger partial charge in [0.25, 0.3) is 0 Å². The van der Waals surface area contributed by atoms with Gasteiger partial charge in [-0.15, -0.1) is 10.2 Å². The van der Waals surface area contributed by atoms with E-state index in [1.54, 1.807) is 7.11 Å². The molecule has 4 rings (SSSR count). The number of ether oxygens (including phenoxy) is 1. The van der Waals surface area contributed by atoms with Crippen LogP contribution in [0.4, 0.5) is 11.5 Å². The number of amides is 1. The van der Waals surface area contributed by atoms with Crippen molar-refractivity contribution in [3.8, 4) is 5.75 Å². The smallest absolute Gasteiger partial charge is 0.220 e. The van der Waals surface area contributed by atoms with Crippen molar-refractivity contribution in [2.45, 2.75) is 46.5 Å². The molecule has 0 atom stereocenters. The molecule has 190 valence electrons. The molecule has 1 amide bonds. The second-order valence-electron chi connectivity index (χ2n) is 9.52. The lowest BCUT2D eigenvalue weighted by Crippen LogP contribution is -2.25. The van der Waals surface area contributed by atoms with Crippen LogP contribution in [0.2, 0.25) is 0 Å². The molecule has 0 bridgehead atoms. The SMILES string of the molecule is COc1cc2nc(NCCCCNC(=O)CC(C)C)c3nnc(C)n3c2cc1Cc1ccc(N)cc1. The number of nitrogens with one attached hydrogen (secondary N) is 2. The van der Waals surface area contributed by atoms with Gasteiger partial charge in [-0.2, -0.15) is 0 Å². The van der Waals surface area contributed by atoms with Crippen LogP contribution in [0.15, 0.2) is 36.4 Å². The molecule has 0 aliphatic rings. The molecule has 0 aliphatic heterocycles. The number of aromatic nitrogens is 4. The predicted molar refractivity (Wildman–Crippen MR) is 143 cm³/mol. The number of benzene rings is 2. The first-order valence-corrected chi connectivity index (χ1v) is 12.4. The fourth-order valence-electron chi connectivity index (χ4n) is 4.27. The zero-order valence-corrected chi connectivity index (χ0v) is 21.5. The number of nitrogens with zero attached hydrogens (tertiary/aromatic N) is 4. The highest BCUT2D eigenvalue weighted by atomic mass is 16.5. The number of anilines is 2. The highest BCUT2D eigenvalue weighted by molar-refractivity contribution is 5.85. The van der Waals surface area contributed by atoms with Crippen molar-refractivity contribution >= 4 is 34.1 Å². The summed E-state index contributed by atoms with van der Waals surface area (Å²) in [5.74, 6) is 2.73. The lowest BCUT2D eigenvalue weighted by atomic mass is 10.0. The first kappa shape index (κ1) is 25.2. The van der Waals surface area contributed by atoms with E-state index in [1.807, 2.05) is 55.5 Å². The Morgan fingerprint density at radius 1 is 1.11 bits per heavy atom. The van der Waals surface area contributed by atoms with Gasteiger partial charge in [-0.3, -0.25) is 9.20 Å². The van der Waals surface area contributed by atoms with Crippen LogP contribution in [-0.2, 0) is 11.2 Å². The fourth-order valence-corrected chi connectivity index (χ4v) is 4.27. The number of nitrogen functional groups attached to an aromatic ring is 1. The van der Waals surface area contributed by atoms with Crippen molar-refractivity contribution in [2.24, 2.45) is 5.92 Å². The van der Waals surface area contributed by atoms with E-state index in [-0.39, 0.29) is 5.91 Å². The number of carbonyl (C=O) groups excluding carboxylic acids is 1. The van der Waals surface area contributed by atoms with Gasteiger partial charge in [0.05, 0.1) is 18.1 Å². The van der Waals surface area contributed by atoms with Crippen molar-refractivity contribution < 1.29 is 9.53 Å².